The van der Waals surface area contributed by atoms with Gasteiger partial charge in [-0.05, 0) is 82.4 Å². The first-order valence-corrected chi connectivity index (χ1v) is 19.0. The average Bonchev–Trinajstić information content (AvgIpc) is 3.97. The molecular weight excluding hydrogens is 731 g/mol. The molecule has 0 saturated carbocycles. The Morgan fingerprint density at radius 1 is 0.776 bits per heavy atom. The maximum absolute atomic E-state index is 13.4. The van der Waals surface area contributed by atoms with Gasteiger partial charge in [0, 0.05) is 25.7 Å². The molecule has 1 unspecified atom stereocenters. The van der Waals surface area contributed by atoms with E-state index in [0.29, 0.717) is 36.0 Å². The molecule has 12 nitrogen and oxygen atoms in total. The van der Waals surface area contributed by atoms with Gasteiger partial charge < -0.3 is 18.8 Å². The molecule has 0 bridgehead atoms. The van der Waals surface area contributed by atoms with E-state index in [9.17, 15) is 9.59 Å². The second-order valence-corrected chi connectivity index (χ2v) is 13.8. The molecule has 0 radical (unpaired) electrons. The molecule has 5 aromatic carbocycles. The van der Waals surface area contributed by atoms with Crippen molar-refractivity contribution in [3.05, 3.63) is 179 Å². The van der Waals surface area contributed by atoms with Gasteiger partial charge in [-0.1, -0.05) is 109 Å². The molecule has 8 aromatic rings. The third-order valence-corrected chi connectivity index (χ3v) is 9.93. The minimum Gasteiger partial charge on any atom is -0.465 e. The lowest BCUT2D eigenvalue weighted by atomic mass is 9.77. The van der Waals surface area contributed by atoms with Crippen molar-refractivity contribution >= 4 is 23.0 Å². The number of benzene rings is 5. The van der Waals surface area contributed by atoms with Crippen LogP contribution in [-0.4, -0.2) is 59.2 Å². The number of carbonyl (C=O) groups is 2. The van der Waals surface area contributed by atoms with E-state index in [1.807, 2.05) is 101 Å². The van der Waals surface area contributed by atoms with Crippen LogP contribution in [0.25, 0.3) is 28.2 Å². The molecule has 12 heteroatoms. The predicted molar refractivity (Wildman–Crippen MR) is 219 cm³/mol. The van der Waals surface area contributed by atoms with Crippen molar-refractivity contribution < 1.29 is 23.8 Å². The maximum Gasteiger partial charge on any atom is 0.343 e. The highest BCUT2D eigenvalue weighted by molar-refractivity contribution is 6.02. The van der Waals surface area contributed by atoms with Gasteiger partial charge in [0.05, 0.1) is 35.4 Å². The number of aromatic nitrogens is 7. The first-order chi connectivity index (χ1) is 28.3. The SMILES string of the molecule is CCOc1nc2cccc(C(=O)OC(C)OC(C)=O)c2n1Cc1ccc(-n2cc(C)cc2-c2nnnn2C(c2ccccc2)(c2ccccc2)c2ccccc2)cc1. The summed E-state index contributed by atoms with van der Waals surface area (Å²) in [4.78, 5) is 29.5. The van der Waals surface area contributed by atoms with E-state index in [1.165, 1.54) is 13.8 Å². The van der Waals surface area contributed by atoms with E-state index < -0.39 is 23.8 Å². The third kappa shape index (κ3) is 7.00. The van der Waals surface area contributed by atoms with Crippen LogP contribution in [0, 0.1) is 6.92 Å². The first-order valence-electron chi connectivity index (χ1n) is 19.0. The van der Waals surface area contributed by atoms with Gasteiger partial charge in [0.25, 0.3) is 6.01 Å². The highest BCUT2D eigenvalue weighted by Crippen LogP contribution is 2.42. The zero-order chi connectivity index (χ0) is 40.2. The van der Waals surface area contributed by atoms with Gasteiger partial charge in [-0.15, -0.1) is 5.10 Å². The van der Waals surface area contributed by atoms with Crippen molar-refractivity contribution in [3.8, 4) is 23.2 Å². The Kier molecular flexibility index (Phi) is 10.4. The summed E-state index contributed by atoms with van der Waals surface area (Å²) < 4.78 is 22.4. The van der Waals surface area contributed by atoms with Crippen molar-refractivity contribution in [2.75, 3.05) is 6.61 Å². The van der Waals surface area contributed by atoms with Gasteiger partial charge in [0.15, 0.2) is 0 Å². The summed E-state index contributed by atoms with van der Waals surface area (Å²) in [5, 5.41) is 13.8. The van der Waals surface area contributed by atoms with Crippen molar-refractivity contribution in [2.45, 2.75) is 46.1 Å². The van der Waals surface area contributed by atoms with E-state index >= 15 is 0 Å². The molecule has 0 aliphatic carbocycles. The number of esters is 2. The lowest BCUT2D eigenvalue weighted by molar-refractivity contribution is -0.162. The average molecular weight is 772 g/mol. The molecule has 290 valence electrons. The Hall–Kier alpha value is -7.34. The summed E-state index contributed by atoms with van der Waals surface area (Å²) in [6, 6.07) is 46.8. The van der Waals surface area contributed by atoms with Crippen molar-refractivity contribution in [1.29, 1.82) is 0 Å². The number of nitrogens with zero attached hydrogens (tertiary/aromatic N) is 7. The second-order valence-electron chi connectivity index (χ2n) is 13.8. The predicted octanol–water partition coefficient (Wildman–Crippen LogP) is 8.14. The summed E-state index contributed by atoms with van der Waals surface area (Å²) in [6.45, 7) is 7.41. The number of carbonyl (C=O) groups excluding carboxylic acids is 2. The molecule has 0 fully saturated rings. The molecule has 0 amide bonds. The molecule has 58 heavy (non-hydrogen) atoms. The Balaban J connectivity index is 1.19. The molecule has 1 atom stereocenters. The van der Waals surface area contributed by atoms with Crippen LogP contribution in [0.5, 0.6) is 6.01 Å². The van der Waals surface area contributed by atoms with Crippen molar-refractivity contribution in [2.24, 2.45) is 0 Å². The monoisotopic (exact) mass is 771 g/mol. The molecule has 8 rings (SSSR count). The van der Waals surface area contributed by atoms with Crippen LogP contribution in [0.2, 0.25) is 0 Å². The highest BCUT2D eigenvalue weighted by Gasteiger charge is 2.42. The quantitative estimate of drug-likeness (QED) is 0.0648. The van der Waals surface area contributed by atoms with E-state index in [2.05, 4.69) is 65.4 Å². The summed E-state index contributed by atoms with van der Waals surface area (Å²) in [5.41, 5.74) is 7.18. The fourth-order valence-electron chi connectivity index (χ4n) is 7.59. The molecule has 3 aromatic heterocycles. The van der Waals surface area contributed by atoms with Crippen LogP contribution in [0.1, 0.15) is 58.9 Å². The molecule has 0 aliphatic rings. The van der Waals surface area contributed by atoms with Crippen LogP contribution in [0.3, 0.4) is 0 Å². The molecule has 0 aliphatic heterocycles. The minimum atomic E-state index is -1.06. The topological polar surface area (TPSA) is 128 Å². The third-order valence-electron chi connectivity index (χ3n) is 9.93. The fourth-order valence-corrected chi connectivity index (χ4v) is 7.59. The summed E-state index contributed by atoms with van der Waals surface area (Å²) in [6.07, 6.45) is 1.01. The Bertz CT molecular complexity index is 2590. The van der Waals surface area contributed by atoms with Crippen molar-refractivity contribution in [3.63, 3.8) is 0 Å². The van der Waals surface area contributed by atoms with Gasteiger partial charge in [-0.2, -0.15) is 4.98 Å². The van der Waals surface area contributed by atoms with E-state index in [0.717, 1.165) is 39.2 Å². The van der Waals surface area contributed by atoms with Crippen LogP contribution in [0.4, 0.5) is 0 Å². The Morgan fingerprint density at radius 3 is 1.98 bits per heavy atom. The Morgan fingerprint density at radius 2 is 1.40 bits per heavy atom. The minimum absolute atomic E-state index is 0.273. The summed E-state index contributed by atoms with van der Waals surface area (Å²) >= 11 is 0. The summed E-state index contributed by atoms with van der Waals surface area (Å²) in [7, 11) is 0. The maximum atomic E-state index is 13.4. The lowest BCUT2D eigenvalue weighted by Crippen LogP contribution is -2.39. The van der Waals surface area contributed by atoms with Gasteiger partial charge >= 0.3 is 11.9 Å². The standard InChI is InChI=1S/C46H41N7O5/c1-5-56-45-47-40-23-15-22-39(44(55)58-33(4)57-32(3)54)42(40)52(45)30-34-24-26-38(27-25-34)51-29-31(2)28-41(51)43-48-49-50-53(43)46(35-16-9-6-10-17-35,36-18-11-7-12-19-36)37-20-13-8-14-21-37/h6-29,33H,5,30H2,1-4H3. The molecule has 0 N–H and O–H groups in total. The smallest absolute Gasteiger partial charge is 0.343 e. The number of rotatable bonds is 13. The number of fused-ring (bicyclic) bond motifs is 1. The normalized spacial score (nSPS) is 12.0. The number of aryl methyl sites for hydroxylation is 1. The zero-order valence-corrected chi connectivity index (χ0v) is 32.5. The van der Waals surface area contributed by atoms with E-state index in [-0.39, 0.29) is 5.56 Å². The van der Waals surface area contributed by atoms with Crippen LogP contribution in [0.15, 0.2) is 146 Å². The van der Waals surface area contributed by atoms with E-state index in [4.69, 9.17) is 29.5 Å². The number of hydrogen-bond acceptors (Lipinski definition) is 9. The van der Waals surface area contributed by atoms with Crippen LogP contribution >= 0.6 is 0 Å². The van der Waals surface area contributed by atoms with Gasteiger partial charge in [0.1, 0.15) is 5.54 Å². The number of imidazole rings is 1. The van der Waals surface area contributed by atoms with Gasteiger partial charge in [-0.25, -0.2) is 9.48 Å². The largest absolute Gasteiger partial charge is 0.465 e. The first kappa shape index (κ1) is 37.6. The van der Waals surface area contributed by atoms with Crippen LogP contribution < -0.4 is 4.74 Å². The number of hydrogen-bond donors (Lipinski definition) is 0. The Labute approximate surface area is 335 Å². The highest BCUT2D eigenvalue weighted by atomic mass is 16.7. The molecule has 0 saturated heterocycles. The van der Waals surface area contributed by atoms with Crippen LogP contribution in [-0.2, 0) is 26.4 Å². The molecule has 0 spiro atoms. The summed E-state index contributed by atoms with van der Waals surface area (Å²) in [5.74, 6) is -0.610. The molecular formula is C46H41N7O5. The fraction of sp³-hybridized carbons (Fsp3) is 0.174. The van der Waals surface area contributed by atoms with Gasteiger partial charge in [-0.3, -0.25) is 9.36 Å². The zero-order valence-electron chi connectivity index (χ0n) is 32.5. The number of tetrazole rings is 1. The van der Waals surface area contributed by atoms with Gasteiger partial charge in [0.2, 0.25) is 12.1 Å². The van der Waals surface area contributed by atoms with Crippen molar-refractivity contribution in [1.82, 2.24) is 34.3 Å². The molecule has 3 heterocycles. The second kappa shape index (κ2) is 16.0. The number of ether oxygens (including phenoxy) is 3. The number of para-hydroxylation sites is 1. The van der Waals surface area contributed by atoms with E-state index in [1.54, 1.807) is 12.1 Å². The lowest BCUT2D eigenvalue weighted by Gasteiger charge is -2.36.